The van der Waals surface area contributed by atoms with E-state index in [2.05, 4.69) is 23.5 Å². The lowest BCUT2D eigenvalue weighted by Crippen LogP contribution is -2.35. The van der Waals surface area contributed by atoms with Gasteiger partial charge in [-0.3, -0.25) is 4.90 Å². The number of hydrogen-bond acceptors (Lipinski definition) is 2. The molecule has 0 unspecified atom stereocenters. The third-order valence-corrected chi connectivity index (χ3v) is 3.97. The maximum absolute atomic E-state index is 12.6. The van der Waals surface area contributed by atoms with E-state index in [4.69, 9.17) is 0 Å². The molecule has 0 saturated heterocycles. The predicted molar refractivity (Wildman–Crippen MR) is 88.6 cm³/mol. The molecule has 1 heterocycles. The van der Waals surface area contributed by atoms with E-state index in [0.717, 1.165) is 37.1 Å². The van der Waals surface area contributed by atoms with Crippen molar-refractivity contribution in [1.82, 2.24) is 0 Å². The average Bonchev–Trinajstić information content (AvgIpc) is 2.71. The van der Waals surface area contributed by atoms with Gasteiger partial charge in [0.05, 0.1) is 0 Å². The number of rotatable bonds is 1. The van der Waals surface area contributed by atoms with Crippen molar-refractivity contribution in [3.05, 3.63) is 53.6 Å². The van der Waals surface area contributed by atoms with Crippen molar-refractivity contribution in [2.75, 3.05) is 16.8 Å². The Balaban J connectivity index is 1.85. The first-order valence-corrected chi connectivity index (χ1v) is 7.60. The standard InChI is InChI=1S/C18H20N2O2/c1-13-5-6-14-4-2-3-11-20(17(14)12-13)18(22)19-15-7-9-16(21)10-8-15/h5-10,12,21H,2-4,11H2,1H3,(H,19,22). The lowest BCUT2D eigenvalue weighted by molar-refractivity contribution is 0.257. The van der Waals surface area contributed by atoms with Crippen molar-refractivity contribution < 1.29 is 9.90 Å². The summed E-state index contributed by atoms with van der Waals surface area (Å²) in [6.45, 7) is 2.77. The number of carbonyl (C=O) groups is 1. The molecule has 0 fully saturated rings. The number of nitrogens with one attached hydrogen (secondary N) is 1. The Kier molecular flexibility index (Phi) is 4.00. The van der Waals surface area contributed by atoms with Gasteiger partial charge in [-0.2, -0.15) is 0 Å². The van der Waals surface area contributed by atoms with Crippen molar-refractivity contribution in [3.8, 4) is 5.75 Å². The van der Waals surface area contributed by atoms with E-state index < -0.39 is 0 Å². The quantitative estimate of drug-likeness (QED) is 0.779. The third kappa shape index (κ3) is 3.06. The van der Waals surface area contributed by atoms with Gasteiger partial charge in [0.2, 0.25) is 0 Å². The highest BCUT2D eigenvalue weighted by Crippen LogP contribution is 2.28. The number of aryl methyl sites for hydroxylation is 2. The normalized spacial score (nSPS) is 14.1. The summed E-state index contributed by atoms with van der Waals surface area (Å²) in [6.07, 6.45) is 3.11. The van der Waals surface area contributed by atoms with E-state index >= 15 is 0 Å². The minimum atomic E-state index is -0.126. The number of nitrogens with zero attached hydrogens (tertiary/aromatic N) is 1. The molecule has 2 aromatic carbocycles. The molecule has 0 aromatic heterocycles. The second kappa shape index (κ2) is 6.10. The second-order valence-corrected chi connectivity index (χ2v) is 5.72. The summed E-state index contributed by atoms with van der Waals surface area (Å²) in [5, 5.41) is 12.2. The first-order chi connectivity index (χ1) is 10.6. The topological polar surface area (TPSA) is 52.6 Å². The van der Waals surface area contributed by atoms with Crippen molar-refractivity contribution in [2.45, 2.75) is 26.2 Å². The Morgan fingerprint density at radius 2 is 1.91 bits per heavy atom. The van der Waals surface area contributed by atoms with Gasteiger partial charge in [0, 0.05) is 17.9 Å². The van der Waals surface area contributed by atoms with Gasteiger partial charge in [-0.25, -0.2) is 4.79 Å². The Morgan fingerprint density at radius 1 is 1.14 bits per heavy atom. The fraction of sp³-hybridized carbons (Fsp3) is 0.278. The number of carbonyl (C=O) groups excluding carboxylic acids is 1. The molecule has 0 atom stereocenters. The highest BCUT2D eigenvalue weighted by Gasteiger charge is 2.21. The van der Waals surface area contributed by atoms with Crippen LogP contribution in [0.15, 0.2) is 42.5 Å². The Bertz CT molecular complexity index is 680. The van der Waals surface area contributed by atoms with Crippen LogP contribution in [-0.4, -0.2) is 17.7 Å². The smallest absolute Gasteiger partial charge is 0.326 e. The number of phenols is 1. The lowest BCUT2D eigenvalue weighted by Gasteiger charge is -2.23. The average molecular weight is 296 g/mol. The van der Waals surface area contributed by atoms with E-state index in [1.54, 1.807) is 24.3 Å². The van der Waals surface area contributed by atoms with Gasteiger partial charge in [0.15, 0.2) is 0 Å². The number of benzene rings is 2. The van der Waals surface area contributed by atoms with Crippen LogP contribution in [0.1, 0.15) is 24.0 Å². The molecule has 22 heavy (non-hydrogen) atoms. The van der Waals surface area contributed by atoms with Crippen LogP contribution in [0.25, 0.3) is 0 Å². The van der Waals surface area contributed by atoms with E-state index in [1.807, 2.05) is 11.8 Å². The van der Waals surface area contributed by atoms with Crippen molar-refractivity contribution >= 4 is 17.4 Å². The molecule has 2 aromatic rings. The van der Waals surface area contributed by atoms with Crippen LogP contribution in [-0.2, 0) is 6.42 Å². The van der Waals surface area contributed by atoms with Crippen molar-refractivity contribution in [3.63, 3.8) is 0 Å². The van der Waals surface area contributed by atoms with Gasteiger partial charge >= 0.3 is 6.03 Å². The van der Waals surface area contributed by atoms with Gasteiger partial charge in [-0.1, -0.05) is 12.1 Å². The molecule has 114 valence electrons. The maximum Gasteiger partial charge on any atom is 0.326 e. The SMILES string of the molecule is Cc1ccc2c(c1)N(C(=O)Nc1ccc(O)cc1)CCCC2. The number of urea groups is 1. The molecular formula is C18H20N2O2. The summed E-state index contributed by atoms with van der Waals surface area (Å²) >= 11 is 0. The van der Waals surface area contributed by atoms with E-state index in [1.165, 1.54) is 5.56 Å². The summed E-state index contributed by atoms with van der Waals surface area (Å²) in [4.78, 5) is 14.5. The van der Waals surface area contributed by atoms with Gasteiger partial charge in [-0.05, 0) is 67.6 Å². The number of phenolic OH excluding ortho intramolecular Hbond substituents is 1. The molecule has 0 aliphatic carbocycles. The molecule has 1 aliphatic rings. The van der Waals surface area contributed by atoms with Crippen LogP contribution in [0.2, 0.25) is 0 Å². The third-order valence-electron chi connectivity index (χ3n) is 3.97. The van der Waals surface area contributed by atoms with Crippen LogP contribution < -0.4 is 10.2 Å². The summed E-state index contributed by atoms with van der Waals surface area (Å²) in [6, 6.07) is 12.7. The highest BCUT2D eigenvalue weighted by atomic mass is 16.3. The summed E-state index contributed by atoms with van der Waals surface area (Å²) in [5.41, 5.74) is 4.07. The zero-order valence-corrected chi connectivity index (χ0v) is 12.7. The van der Waals surface area contributed by atoms with Crippen LogP contribution >= 0.6 is 0 Å². The first kappa shape index (κ1) is 14.4. The summed E-state index contributed by atoms with van der Waals surface area (Å²) in [5.74, 6) is 0.189. The number of hydrogen-bond donors (Lipinski definition) is 2. The van der Waals surface area contributed by atoms with Gasteiger partial charge in [-0.15, -0.1) is 0 Å². The lowest BCUT2D eigenvalue weighted by atomic mass is 10.1. The Morgan fingerprint density at radius 3 is 2.68 bits per heavy atom. The number of anilines is 2. The molecule has 0 spiro atoms. The molecule has 0 saturated carbocycles. The van der Waals surface area contributed by atoms with Crippen LogP contribution in [0.4, 0.5) is 16.2 Å². The van der Waals surface area contributed by atoms with Crippen LogP contribution in [0.3, 0.4) is 0 Å². The van der Waals surface area contributed by atoms with Crippen molar-refractivity contribution in [1.29, 1.82) is 0 Å². The van der Waals surface area contributed by atoms with E-state index in [-0.39, 0.29) is 11.8 Å². The zero-order valence-electron chi connectivity index (χ0n) is 12.7. The molecular weight excluding hydrogens is 276 g/mol. The van der Waals surface area contributed by atoms with Crippen LogP contribution in [0.5, 0.6) is 5.75 Å². The largest absolute Gasteiger partial charge is 0.508 e. The molecule has 0 radical (unpaired) electrons. The number of aromatic hydroxyl groups is 1. The van der Waals surface area contributed by atoms with Gasteiger partial charge in [0.1, 0.15) is 5.75 Å². The maximum atomic E-state index is 12.6. The van der Waals surface area contributed by atoms with E-state index in [0.29, 0.717) is 5.69 Å². The zero-order chi connectivity index (χ0) is 15.5. The molecule has 4 nitrogen and oxygen atoms in total. The number of fused-ring (bicyclic) bond motifs is 1. The second-order valence-electron chi connectivity index (χ2n) is 5.72. The van der Waals surface area contributed by atoms with Crippen molar-refractivity contribution in [2.24, 2.45) is 0 Å². The molecule has 4 heteroatoms. The molecule has 3 rings (SSSR count). The summed E-state index contributed by atoms with van der Waals surface area (Å²) < 4.78 is 0. The Hall–Kier alpha value is -2.49. The van der Waals surface area contributed by atoms with Crippen LogP contribution in [0, 0.1) is 6.92 Å². The molecule has 1 aliphatic heterocycles. The van der Waals surface area contributed by atoms with Gasteiger partial charge in [0.25, 0.3) is 0 Å². The molecule has 2 amide bonds. The minimum absolute atomic E-state index is 0.126. The Labute approximate surface area is 130 Å². The predicted octanol–water partition coefficient (Wildman–Crippen LogP) is 4.08. The first-order valence-electron chi connectivity index (χ1n) is 7.60. The molecule has 0 bridgehead atoms. The monoisotopic (exact) mass is 296 g/mol. The fourth-order valence-electron chi connectivity index (χ4n) is 2.79. The number of amides is 2. The summed E-state index contributed by atoms with van der Waals surface area (Å²) in [7, 11) is 0. The highest BCUT2D eigenvalue weighted by molar-refractivity contribution is 6.02. The minimum Gasteiger partial charge on any atom is -0.508 e. The van der Waals surface area contributed by atoms with Gasteiger partial charge < -0.3 is 10.4 Å². The molecule has 2 N–H and O–H groups in total. The van der Waals surface area contributed by atoms with E-state index in [9.17, 15) is 9.90 Å². The fourth-order valence-corrected chi connectivity index (χ4v) is 2.79.